The van der Waals surface area contributed by atoms with Gasteiger partial charge in [0.15, 0.2) is 5.65 Å². The zero-order valence-electron chi connectivity index (χ0n) is 9.93. The van der Waals surface area contributed by atoms with Crippen molar-refractivity contribution >= 4 is 22.8 Å². The first kappa shape index (κ1) is 11.0. The maximum Gasteiger partial charge on any atom is 0.160 e. The van der Waals surface area contributed by atoms with Crippen LogP contribution in [0.25, 0.3) is 11.2 Å². The first-order valence-electron chi connectivity index (χ1n) is 6.23. The Morgan fingerprint density at radius 2 is 2.41 bits per heavy atom. The summed E-state index contributed by atoms with van der Waals surface area (Å²) in [6.45, 7) is 2.24. The van der Waals surface area contributed by atoms with Crippen LogP contribution in [0.1, 0.15) is 38.1 Å². The molecular weight excluding hydrogens is 234 g/mol. The summed E-state index contributed by atoms with van der Waals surface area (Å²) in [5.74, 6) is 2.22. The van der Waals surface area contributed by atoms with Gasteiger partial charge in [-0.2, -0.15) is 0 Å². The van der Waals surface area contributed by atoms with E-state index in [-0.39, 0.29) is 0 Å². The quantitative estimate of drug-likeness (QED) is 0.776. The monoisotopic (exact) mass is 249 g/mol. The SMILES string of the molecule is CCCC1CC1n1c(CCl)nc2cccnc21. The van der Waals surface area contributed by atoms with Crippen LogP contribution in [0.2, 0.25) is 0 Å². The number of aromatic nitrogens is 3. The van der Waals surface area contributed by atoms with Gasteiger partial charge in [0, 0.05) is 12.2 Å². The highest BCUT2D eigenvalue weighted by molar-refractivity contribution is 6.16. The molecule has 4 heteroatoms. The average molecular weight is 250 g/mol. The summed E-state index contributed by atoms with van der Waals surface area (Å²) in [6.07, 6.45) is 5.62. The molecule has 0 radical (unpaired) electrons. The molecule has 2 aromatic rings. The van der Waals surface area contributed by atoms with Crippen molar-refractivity contribution in [3.05, 3.63) is 24.2 Å². The molecule has 1 aliphatic rings. The van der Waals surface area contributed by atoms with E-state index in [2.05, 4.69) is 21.5 Å². The van der Waals surface area contributed by atoms with Gasteiger partial charge in [0.2, 0.25) is 0 Å². The number of hydrogen-bond acceptors (Lipinski definition) is 2. The molecule has 0 saturated heterocycles. The van der Waals surface area contributed by atoms with E-state index < -0.39 is 0 Å². The van der Waals surface area contributed by atoms with Gasteiger partial charge in [0.1, 0.15) is 11.3 Å². The van der Waals surface area contributed by atoms with Crippen molar-refractivity contribution < 1.29 is 0 Å². The van der Waals surface area contributed by atoms with Crippen LogP contribution < -0.4 is 0 Å². The largest absolute Gasteiger partial charge is 0.308 e. The van der Waals surface area contributed by atoms with Gasteiger partial charge in [-0.05, 0) is 30.9 Å². The fourth-order valence-electron chi connectivity index (χ4n) is 2.65. The minimum absolute atomic E-state index is 0.464. The lowest BCUT2D eigenvalue weighted by molar-refractivity contribution is 0.603. The third-order valence-corrected chi connectivity index (χ3v) is 3.76. The first-order valence-corrected chi connectivity index (χ1v) is 6.76. The maximum atomic E-state index is 5.99. The van der Waals surface area contributed by atoms with E-state index in [4.69, 9.17) is 11.6 Å². The van der Waals surface area contributed by atoms with Crippen LogP contribution in [0, 0.1) is 5.92 Å². The molecule has 90 valence electrons. The van der Waals surface area contributed by atoms with Crippen LogP contribution >= 0.6 is 11.6 Å². The highest BCUT2D eigenvalue weighted by Crippen LogP contribution is 2.48. The Kier molecular flexibility index (Phi) is 2.79. The Balaban J connectivity index is 2.02. The third kappa shape index (κ3) is 1.82. The van der Waals surface area contributed by atoms with Gasteiger partial charge in [-0.3, -0.25) is 0 Å². The van der Waals surface area contributed by atoms with Crippen LogP contribution in [0.3, 0.4) is 0 Å². The molecule has 2 atom stereocenters. The van der Waals surface area contributed by atoms with Crippen LogP contribution in [-0.4, -0.2) is 14.5 Å². The van der Waals surface area contributed by atoms with Crippen LogP contribution in [0.5, 0.6) is 0 Å². The number of pyridine rings is 1. The van der Waals surface area contributed by atoms with Gasteiger partial charge < -0.3 is 4.57 Å². The van der Waals surface area contributed by atoms with Crippen molar-refractivity contribution in [1.82, 2.24) is 14.5 Å². The van der Waals surface area contributed by atoms with Crippen molar-refractivity contribution in [2.45, 2.75) is 38.1 Å². The lowest BCUT2D eigenvalue weighted by Crippen LogP contribution is -2.02. The number of nitrogens with zero attached hydrogens (tertiary/aromatic N) is 3. The predicted molar refractivity (Wildman–Crippen MR) is 69.1 cm³/mol. The number of halogens is 1. The minimum Gasteiger partial charge on any atom is -0.308 e. The number of imidazole rings is 1. The molecule has 3 rings (SSSR count). The molecule has 3 nitrogen and oxygen atoms in total. The number of fused-ring (bicyclic) bond motifs is 1. The highest BCUT2D eigenvalue weighted by atomic mass is 35.5. The molecule has 0 amide bonds. The number of alkyl halides is 1. The second kappa shape index (κ2) is 4.30. The van der Waals surface area contributed by atoms with Crippen molar-refractivity contribution in [2.24, 2.45) is 5.92 Å². The summed E-state index contributed by atoms with van der Waals surface area (Å²) in [5, 5.41) is 0. The molecule has 0 bridgehead atoms. The van der Waals surface area contributed by atoms with Crippen LogP contribution in [0.4, 0.5) is 0 Å². The molecule has 2 heterocycles. The summed E-state index contributed by atoms with van der Waals surface area (Å²) in [4.78, 5) is 9.00. The van der Waals surface area contributed by atoms with E-state index in [1.807, 2.05) is 18.3 Å². The van der Waals surface area contributed by atoms with E-state index in [1.54, 1.807) is 0 Å². The standard InChI is InChI=1S/C13H16ClN3/c1-2-4-9-7-11(9)17-12(8-14)16-10-5-3-6-15-13(10)17/h3,5-6,9,11H,2,4,7-8H2,1H3. The summed E-state index contributed by atoms with van der Waals surface area (Å²) >= 11 is 5.99. The zero-order valence-corrected chi connectivity index (χ0v) is 10.7. The zero-order chi connectivity index (χ0) is 11.8. The highest BCUT2D eigenvalue weighted by Gasteiger charge is 2.39. The Labute approximate surface area is 106 Å². The van der Waals surface area contributed by atoms with Gasteiger partial charge in [-0.1, -0.05) is 13.3 Å². The normalized spacial score (nSPS) is 23.2. The Hall–Kier alpha value is -1.09. The Morgan fingerprint density at radius 3 is 3.18 bits per heavy atom. The van der Waals surface area contributed by atoms with E-state index in [9.17, 15) is 0 Å². The van der Waals surface area contributed by atoms with E-state index in [0.29, 0.717) is 11.9 Å². The second-order valence-corrected chi connectivity index (χ2v) is 5.00. The molecule has 2 unspecified atom stereocenters. The molecule has 2 aromatic heterocycles. The smallest absolute Gasteiger partial charge is 0.160 e. The molecule has 0 N–H and O–H groups in total. The van der Waals surface area contributed by atoms with Crippen LogP contribution in [0.15, 0.2) is 18.3 Å². The van der Waals surface area contributed by atoms with Crippen molar-refractivity contribution in [1.29, 1.82) is 0 Å². The van der Waals surface area contributed by atoms with Crippen molar-refractivity contribution in [3.8, 4) is 0 Å². The lowest BCUT2D eigenvalue weighted by atomic mass is 10.2. The molecule has 1 aliphatic carbocycles. The van der Waals surface area contributed by atoms with Gasteiger partial charge in [-0.25, -0.2) is 9.97 Å². The second-order valence-electron chi connectivity index (χ2n) is 4.73. The summed E-state index contributed by atoms with van der Waals surface area (Å²) in [7, 11) is 0. The third-order valence-electron chi connectivity index (χ3n) is 3.52. The number of rotatable bonds is 4. The maximum absolute atomic E-state index is 5.99. The predicted octanol–water partition coefficient (Wildman–Crippen LogP) is 3.53. The first-order chi connectivity index (χ1) is 8.35. The lowest BCUT2D eigenvalue weighted by Gasteiger charge is -2.05. The van der Waals surface area contributed by atoms with E-state index >= 15 is 0 Å². The van der Waals surface area contributed by atoms with Gasteiger partial charge in [0.05, 0.1) is 5.88 Å². The minimum atomic E-state index is 0.464. The Bertz CT molecular complexity index is 534. The van der Waals surface area contributed by atoms with E-state index in [0.717, 1.165) is 22.9 Å². The molecule has 0 spiro atoms. The Morgan fingerprint density at radius 1 is 1.53 bits per heavy atom. The summed E-state index contributed by atoms with van der Waals surface area (Å²) in [5.41, 5.74) is 1.96. The van der Waals surface area contributed by atoms with Gasteiger partial charge in [0.25, 0.3) is 0 Å². The fraction of sp³-hybridized carbons (Fsp3) is 0.538. The van der Waals surface area contributed by atoms with Gasteiger partial charge in [-0.15, -0.1) is 11.6 Å². The van der Waals surface area contributed by atoms with E-state index in [1.165, 1.54) is 19.3 Å². The molecule has 0 aromatic carbocycles. The average Bonchev–Trinajstić information content (AvgIpc) is 3.00. The number of hydrogen-bond donors (Lipinski definition) is 0. The fourth-order valence-corrected chi connectivity index (χ4v) is 2.84. The summed E-state index contributed by atoms with van der Waals surface area (Å²) in [6, 6.07) is 4.50. The molecule has 0 aliphatic heterocycles. The van der Waals surface area contributed by atoms with Crippen molar-refractivity contribution in [3.63, 3.8) is 0 Å². The summed E-state index contributed by atoms with van der Waals surface area (Å²) < 4.78 is 2.25. The molecule has 1 saturated carbocycles. The van der Waals surface area contributed by atoms with Crippen molar-refractivity contribution in [2.75, 3.05) is 0 Å². The molecule has 1 fully saturated rings. The van der Waals surface area contributed by atoms with Gasteiger partial charge >= 0.3 is 0 Å². The molecule has 17 heavy (non-hydrogen) atoms. The molecular formula is C13H16ClN3. The topological polar surface area (TPSA) is 30.7 Å². The van der Waals surface area contributed by atoms with Crippen LogP contribution in [-0.2, 0) is 5.88 Å².